The summed E-state index contributed by atoms with van der Waals surface area (Å²) in [5, 5.41) is 3.06. The fourth-order valence-corrected chi connectivity index (χ4v) is 3.02. The normalized spacial score (nSPS) is 15.4. The van der Waals surface area contributed by atoms with Gasteiger partial charge in [-0.15, -0.1) is 0 Å². The Balaban J connectivity index is 1.50. The van der Waals surface area contributed by atoms with E-state index >= 15 is 0 Å². The topological polar surface area (TPSA) is 84.7 Å². The Hall–Kier alpha value is -2.86. The molecular formula is C20H23N3O3. The summed E-state index contributed by atoms with van der Waals surface area (Å²) in [5.74, 6) is 1.04. The van der Waals surface area contributed by atoms with Crippen molar-refractivity contribution in [2.45, 2.75) is 18.9 Å². The highest BCUT2D eigenvalue weighted by Crippen LogP contribution is 2.21. The van der Waals surface area contributed by atoms with E-state index < -0.39 is 0 Å². The molecule has 1 saturated heterocycles. The van der Waals surface area contributed by atoms with E-state index in [-0.39, 0.29) is 24.4 Å². The minimum Gasteiger partial charge on any atom is -0.457 e. The van der Waals surface area contributed by atoms with Crippen LogP contribution < -0.4 is 15.8 Å². The molecule has 0 radical (unpaired) electrons. The second-order valence-corrected chi connectivity index (χ2v) is 6.43. The van der Waals surface area contributed by atoms with Crippen molar-refractivity contribution < 1.29 is 14.3 Å². The summed E-state index contributed by atoms with van der Waals surface area (Å²) in [6, 6.07) is 16.7. The highest BCUT2D eigenvalue weighted by Gasteiger charge is 2.21. The fraction of sp³-hybridized carbons (Fsp3) is 0.300. The molecule has 1 heterocycles. The minimum absolute atomic E-state index is 0.0930. The number of ether oxygens (including phenoxy) is 1. The number of hydrogen-bond donors (Lipinski definition) is 2. The zero-order valence-electron chi connectivity index (χ0n) is 14.6. The lowest BCUT2D eigenvalue weighted by Gasteiger charge is -2.31. The highest BCUT2D eigenvalue weighted by molar-refractivity contribution is 5.94. The van der Waals surface area contributed by atoms with Crippen LogP contribution in [0.5, 0.6) is 11.5 Å². The molecule has 2 amide bonds. The standard InChI is InChI=1S/C20H23N3O3/c21-19(24)14-23-12-10-16(11-13-23)22-20(25)15-6-8-18(9-7-15)26-17-4-2-1-3-5-17/h1-9,16H,10-14H2,(H2,21,24)(H,22,25). The molecule has 6 heteroatoms. The predicted molar refractivity (Wildman–Crippen MR) is 99.1 cm³/mol. The van der Waals surface area contributed by atoms with Gasteiger partial charge in [-0.1, -0.05) is 18.2 Å². The first kappa shape index (κ1) is 17.9. The average molecular weight is 353 g/mol. The third-order valence-corrected chi connectivity index (χ3v) is 4.40. The Morgan fingerprint density at radius 3 is 2.23 bits per heavy atom. The summed E-state index contributed by atoms with van der Waals surface area (Å²) >= 11 is 0. The number of amides is 2. The number of carbonyl (C=O) groups is 2. The van der Waals surface area contributed by atoms with Crippen molar-refractivity contribution in [1.82, 2.24) is 10.2 Å². The van der Waals surface area contributed by atoms with Crippen LogP contribution in [-0.2, 0) is 4.79 Å². The van der Waals surface area contributed by atoms with Crippen LogP contribution in [0.15, 0.2) is 54.6 Å². The number of likely N-dealkylation sites (tertiary alicyclic amines) is 1. The third-order valence-electron chi connectivity index (χ3n) is 4.40. The van der Waals surface area contributed by atoms with Gasteiger partial charge in [-0.3, -0.25) is 14.5 Å². The van der Waals surface area contributed by atoms with E-state index in [1.807, 2.05) is 35.2 Å². The van der Waals surface area contributed by atoms with Gasteiger partial charge in [0.1, 0.15) is 11.5 Å². The summed E-state index contributed by atoms with van der Waals surface area (Å²) in [6.45, 7) is 1.80. The van der Waals surface area contributed by atoms with Crippen LogP contribution in [0.2, 0.25) is 0 Å². The molecule has 0 bridgehead atoms. The van der Waals surface area contributed by atoms with Crippen LogP contribution >= 0.6 is 0 Å². The molecule has 1 aliphatic rings. The zero-order chi connectivity index (χ0) is 18.4. The Kier molecular flexibility index (Phi) is 5.86. The molecule has 3 rings (SSSR count). The third kappa shape index (κ3) is 5.07. The smallest absolute Gasteiger partial charge is 0.251 e. The van der Waals surface area contributed by atoms with Crippen molar-refractivity contribution in [1.29, 1.82) is 0 Å². The molecule has 0 saturated carbocycles. The number of benzene rings is 2. The van der Waals surface area contributed by atoms with Gasteiger partial charge in [-0.05, 0) is 49.2 Å². The Labute approximate surface area is 152 Å². The number of nitrogens with one attached hydrogen (secondary N) is 1. The minimum atomic E-state index is -0.315. The summed E-state index contributed by atoms with van der Waals surface area (Å²) in [4.78, 5) is 25.4. The summed E-state index contributed by atoms with van der Waals surface area (Å²) in [6.07, 6.45) is 1.63. The van der Waals surface area contributed by atoms with E-state index in [1.165, 1.54) is 0 Å². The van der Waals surface area contributed by atoms with Crippen molar-refractivity contribution in [3.8, 4) is 11.5 Å². The van der Waals surface area contributed by atoms with E-state index in [4.69, 9.17) is 10.5 Å². The second kappa shape index (κ2) is 8.49. The van der Waals surface area contributed by atoms with Crippen molar-refractivity contribution in [2.75, 3.05) is 19.6 Å². The van der Waals surface area contributed by atoms with Gasteiger partial charge in [0, 0.05) is 24.7 Å². The van der Waals surface area contributed by atoms with Gasteiger partial charge in [-0.25, -0.2) is 0 Å². The van der Waals surface area contributed by atoms with E-state index in [2.05, 4.69) is 5.32 Å². The molecule has 26 heavy (non-hydrogen) atoms. The van der Waals surface area contributed by atoms with Crippen LogP contribution in [0.4, 0.5) is 0 Å². The molecule has 1 fully saturated rings. The average Bonchev–Trinajstić information content (AvgIpc) is 2.64. The Morgan fingerprint density at radius 2 is 1.62 bits per heavy atom. The molecule has 0 unspecified atom stereocenters. The maximum absolute atomic E-state index is 12.4. The highest BCUT2D eigenvalue weighted by atomic mass is 16.5. The molecule has 136 valence electrons. The number of nitrogens with zero attached hydrogens (tertiary/aromatic N) is 1. The van der Waals surface area contributed by atoms with Gasteiger partial charge in [0.25, 0.3) is 5.91 Å². The number of nitrogens with two attached hydrogens (primary N) is 1. The van der Waals surface area contributed by atoms with Crippen LogP contribution in [0.25, 0.3) is 0 Å². The molecule has 2 aromatic rings. The van der Waals surface area contributed by atoms with Crippen molar-refractivity contribution in [2.24, 2.45) is 5.73 Å². The first-order chi connectivity index (χ1) is 12.6. The number of hydrogen-bond acceptors (Lipinski definition) is 4. The molecule has 2 aromatic carbocycles. The maximum atomic E-state index is 12.4. The first-order valence-corrected chi connectivity index (χ1v) is 8.74. The Bertz CT molecular complexity index is 739. The number of carbonyl (C=O) groups excluding carboxylic acids is 2. The maximum Gasteiger partial charge on any atom is 0.251 e. The summed E-state index contributed by atoms with van der Waals surface area (Å²) in [5.41, 5.74) is 5.82. The molecule has 0 spiro atoms. The molecule has 3 N–H and O–H groups in total. The van der Waals surface area contributed by atoms with Crippen LogP contribution in [0.3, 0.4) is 0 Å². The molecule has 0 aromatic heterocycles. The lowest BCUT2D eigenvalue weighted by atomic mass is 10.0. The lowest BCUT2D eigenvalue weighted by molar-refractivity contribution is -0.119. The van der Waals surface area contributed by atoms with E-state index in [9.17, 15) is 9.59 Å². The van der Waals surface area contributed by atoms with Gasteiger partial charge < -0.3 is 15.8 Å². The van der Waals surface area contributed by atoms with Gasteiger partial charge in [0.15, 0.2) is 0 Å². The zero-order valence-corrected chi connectivity index (χ0v) is 14.6. The fourth-order valence-electron chi connectivity index (χ4n) is 3.02. The van der Waals surface area contributed by atoms with Gasteiger partial charge in [0.05, 0.1) is 6.54 Å². The van der Waals surface area contributed by atoms with Gasteiger partial charge in [-0.2, -0.15) is 0 Å². The van der Waals surface area contributed by atoms with Crippen LogP contribution in [0.1, 0.15) is 23.2 Å². The molecular weight excluding hydrogens is 330 g/mol. The monoisotopic (exact) mass is 353 g/mol. The van der Waals surface area contributed by atoms with Gasteiger partial charge in [0.2, 0.25) is 5.91 Å². The molecule has 0 atom stereocenters. The summed E-state index contributed by atoms with van der Waals surface area (Å²) in [7, 11) is 0. The predicted octanol–water partition coefficient (Wildman–Crippen LogP) is 2.16. The van der Waals surface area contributed by atoms with E-state index in [0.29, 0.717) is 11.3 Å². The van der Waals surface area contributed by atoms with Crippen molar-refractivity contribution in [3.05, 3.63) is 60.2 Å². The van der Waals surface area contributed by atoms with E-state index in [1.54, 1.807) is 24.3 Å². The van der Waals surface area contributed by atoms with Gasteiger partial charge >= 0.3 is 0 Å². The largest absolute Gasteiger partial charge is 0.457 e. The molecule has 6 nitrogen and oxygen atoms in total. The van der Waals surface area contributed by atoms with Crippen LogP contribution in [0, 0.1) is 0 Å². The quantitative estimate of drug-likeness (QED) is 0.833. The first-order valence-electron chi connectivity index (χ1n) is 8.74. The molecule has 0 aliphatic carbocycles. The summed E-state index contributed by atoms with van der Waals surface area (Å²) < 4.78 is 5.73. The van der Waals surface area contributed by atoms with Crippen molar-refractivity contribution >= 4 is 11.8 Å². The lowest BCUT2D eigenvalue weighted by Crippen LogP contribution is -2.46. The van der Waals surface area contributed by atoms with Crippen molar-refractivity contribution in [3.63, 3.8) is 0 Å². The number of para-hydroxylation sites is 1. The Morgan fingerprint density at radius 1 is 1.00 bits per heavy atom. The van der Waals surface area contributed by atoms with Crippen LogP contribution in [-0.4, -0.2) is 42.4 Å². The number of rotatable bonds is 6. The second-order valence-electron chi connectivity index (χ2n) is 6.43. The van der Waals surface area contributed by atoms with E-state index in [0.717, 1.165) is 31.7 Å². The number of primary amides is 1. The SMILES string of the molecule is NC(=O)CN1CCC(NC(=O)c2ccc(Oc3ccccc3)cc2)CC1. The number of piperidine rings is 1. The molecule has 1 aliphatic heterocycles.